The van der Waals surface area contributed by atoms with E-state index in [9.17, 15) is 0 Å². The molecule has 0 heterocycles. The lowest BCUT2D eigenvalue weighted by Gasteiger charge is -2.09. The van der Waals surface area contributed by atoms with Crippen molar-refractivity contribution in [2.75, 3.05) is 11.5 Å². The third kappa shape index (κ3) is 2.74. The molecule has 0 aromatic heterocycles. The van der Waals surface area contributed by atoms with E-state index in [2.05, 4.69) is 37.3 Å². The standard InChI is InChI=1S/C14H16N2S/c1-9-3-5-11(6-4-9)17-13-8-10(2)7-12(15)14(13)16/h3-8H,15-16H2,1-2H3. The summed E-state index contributed by atoms with van der Waals surface area (Å²) >= 11 is 1.65. The van der Waals surface area contributed by atoms with Gasteiger partial charge in [0, 0.05) is 9.79 Å². The van der Waals surface area contributed by atoms with Crippen LogP contribution in [0.25, 0.3) is 0 Å². The first-order chi connectivity index (χ1) is 8.06. The summed E-state index contributed by atoms with van der Waals surface area (Å²) in [6.45, 7) is 4.10. The van der Waals surface area contributed by atoms with Crippen LogP contribution >= 0.6 is 11.8 Å². The first-order valence-electron chi connectivity index (χ1n) is 5.46. The lowest BCUT2D eigenvalue weighted by Crippen LogP contribution is -1.97. The van der Waals surface area contributed by atoms with E-state index in [0.717, 1.165) is 10.5 Å². The Kier molecular flexibility index (Phi) is 3.29. The molecule has 2 aromatic rings. The summed E-state index contributed by atoms with van der Waals surface area (Å²) < 4.78 is 0. The molecule has 2 nitrogen and oxygen atoms in total. The van der Waals surface area contributed by atoms with Crippen LogP contribution in [-0.2, 0) is 0 Å². The SMILES string of the molecule is Cc1ccc(Sc2cc(C)cc(N)c2N)cc1. The third-order valence-electron chi connectivity index (χ3n) is 2.57. The zero-order valence-electron chi connectivity index (χ0n) is 10.0. The molecular formula is C14H16N2S. The highest BCUT2D eigenvalue weighted by Gasteiger charge is 2.06. The van der Waals surface area contributed by atoms with Crippen molar-refractivity contribution in [1.82, 2.24) is 0 Å². The molecule has 0 spiro atoms. The van der Waals surface area contributed by atoms with Crippen LogP contribution in [0.15, 0.2) is 46.2 Å². The van der Waals surface area contributed by atoms with Crippen molar-refractivity contribution in [3.8, 4) is 0 Å². The van der Waals surface area contributed by atoms with Gasteiger partial charge in [-0.05, 0) is 43.7 Å². The van der Waals surface area contributed by atoms with Gasteiger partial charge in [0.1, 0.15) is 0 Å². The molecule has 0 aliphatic carbocycles. The summed E-state index contributed by atoms with van der Waals surface area (Å²) in [5, 5.41) is 0. The fraction of sp³-hybridized carbons (Fsp3) is 0.143. The Morgan fingerprint density at radius 3 is 2.18 bits per heavy atom. The normalized spacial score (nSPS) is 10.5. The van der Waals surface area contributed by atoms with Crippen molar-refractivity contribution in [2.45, 2.75) is 23.6 Å². The monoisotopic (exact) mass is 244 g/mol. The number of benzene rings is 2. The van der Waals surface area contributed by atoms with Crippen molar-refractivity contribution in [1.29, 1.82) is 0 Å². The summed E-state index contributed by atoms with van der Waals surface area (Å²) in [5.74, 6) is 0. The summed E-state index contributed by atoms with van der Waals surface area (Å²) in [4.78, 5) is 2.19. The van der Waals surface area contributed by atoms with E-state index >= 15 is 0 Å². The average Bonchev–Trinajstić information content (AvgIpc) is 2.28. The third-order valence-corrected chi connectivity index (χ3v) is 3.63. The minimum atomic E-state index is 0.652. The van der Waals surface area contributed by atoms with Gasteiger partial charge in [-0.2, -0.15) is 0 Å². The van der Waals surface area contributed by atoms with Gasteiger partial charge in [0.15, 0.2) is 0 Å². The molecule has 0 aliphatic heterocycles. The quantitative estimate of drug-likeness (QED) is 0.793. The van der Waals surface area contributed by atoms with E-state index in [4.69, 9.17) is 11.5 Å². The predicted molar refractivity (Wildman–Crippen MR) is 75.3 cm³/mol. The zero-order valence-corrected chi connectivity index (χ0v) is 10.8. The number of rotatable bonds is 2. The van der Waals surface area contributed by atoms with Crippen LogP contribution in [0.3, 0.4) is 0 Å². The lowest BCUT2D eigenvalue weighted by atomic mass is 10.2. The maximum Gasteiger partial charge on any atom is 0.0689 e. The van der Waals surface area contributed by atoms with Crippen molar-refractivity contribution in [2.24, 2.45) is 0 Å². The molecule has 2 rings (SSSR count). The molecule has 0 fully saturated rings. The molecule has 0 saturated carbocycles. The van der Waals surface area contributed by atoms with Crippen LogP contribution < -0.4 is 11.5 Å². The second-order valence-corrected chi connectivity index (χ2v) is 5.30. The highest BCUT2D eigenvalue weighted by atomic mass is 32.2. The van der Waals surface area contributed by atoms with E-state index in [1.807, 2.05) is 13.0 Å². The van der Waals surface area contributed by atoms with Gasteiger partial charge >= 0.3 is 0 Å². The Balaban J connectivity index is 2.32. The Morgan fingerprint density at radius 1 is 0.882 bits per heavy atom. The van der Waals surface area contributed by atoms with Gasteiger partial charge in [-0.3, -0.25) is 0 Å². The van der Waals surface area contributed by atoms with Gasteiger partial charge in [-0.15, -0.1) is 0 Å². The smallest absolute Gasteiger partial charge is 0.0689 e. The van der Waals surface area contributed by atoms with E-state index in [1.54, 1.807) is 11.8 Å². The van der Waals surface area contributed by atoms with Crippen LogP contribution in [0.2, 0.25) is 0 Å². The van der Waals surface area contributed by atoms with Crippen LogP contribution in [0.5, 0.6) is 0 Å². The van der Waals surface area contributed by atoms with Crippen LogP contribution in [0.1, 0.15) is 11.1 Å². The molecular weight excluding hydrogens is 228 g/mol. The van der Waals surface area contributed by atoms with Crippen LogP contribution in [0, 0.1) is 13.8 Å². The number of nitrogens with two attached hydrogens (primary N) is 2. The van der Waals surface area contributed by atoms with Gasteiger partial charge in [-0.25, -0.2) is 0 Å². The van der Waals surface area contributed by atoms with Gasteiger partial charge in [-0.1, -0.05) is 29.5 Å². The summed E-state index contributed by atoms with van der Waals surface area (Å²) in [7, 11) is 0. The fourth-order valence-electron chi connectivity index (χ4n) is 1.61. The Morgan fingerprint density at radius 2 is 1.53 bits per heavy atom. The number of aryl methyl sites for hydroxylation is 2. The van der Waals surface area contributed by atoms with Crippen molar-refractivity contribution in [3.63, 3.8) is 0 Å². The number of hydrogen-bond donors (Lipinski definition) is 2. The first kappa shape index (κ1) is 11.9. The molecule has 0 saturated heterocycles. The molecule has 2 aromatic carbocycles. The number of anilines is 2. The first-order valence-corrected chi connectivity index (χ1v) is 6.28. The van der Waals surface area contributed by atoms with E-state index in [1.165, 1.54) is 10.5 Å². The second kappa shape index (κ2) is 4.72. The Hall–Kier alpha value is -1.61. The second-order valence-electron chi connectivity index (χ2n) is 4.18. The fourth-order valence-corrected chi connectivity index (χ4v) is 2.61. The summed E-state index contributed by atoms with van der Waals surface area (Å²) in [6.07, 6.45) is 0. The molecule has 0 amide bonds. The van der Waals surface area contributed by atoms with Crippen LogP contribution in [-0.4, -0.2) is 0 Å². The minimum absolute atomic E-state index is 0.652. The van der Waals surface area contributed by atoms with Gasteiger partial charge in [0.05, 0.1) is 11.4 Å². The average molecular weight is 244 g/mol. The largest absolute Gasteiger partial charge is 0.397 e. The molecule has 0 bridgehead atoms. The maximum absolute atomic E-state index is 5.98. The molecule has 0 atom stereocenters. The molecule has 0 aliphatic rings. The topological polar surface area (TPSA) is 52.0 Å². The van der Waals surface area contributed by atoms with Crippen LogP contribution in [0.4, 0.5) is 11.4 Å². The molecule has 0 radical (unpaired) electrons. The van der Waals surface area contributed by atoms with Crippen molar-refractivity contribution in [3.05, 3.63) is 47.5 Å². The number of nitrogen functional groups attached to an aromatic ring is 2. The Bertz CT molecular complexity index is 533. The number of hydrogen-bond acceptors (Lipinski definition) is 3. The molecule has 88 valence electrons. The van der Waals surface area contributed by atoms with E-state index < -0.39 is 0 Å². The van der Waals surface area contributed by atoms with E-state index in [0.29, 0.717) is 11.4 Å². The summed E-state index contributed by atoms with van der Waals surface area (Å²) in [6, 6.07) is 12.3. The predicted octanol–water partition coefficient (Wildman–Crippen LogP) is 3.62. The molecule has 4 N–H and O–H groups in total. The minimum Gasteiger partial charge on any atom is -0.397 e. The summed E-state index contributed by atoms with van der Waals surface area (Å²) in [5.41, 5.74) is 15.6. The maximum atomic E-state index is 5.98. The van der Waals surface area contributed by atoms with Gasteiger partial charge < -0.3 is 11.5 Å². The van der Waals surface area contributed by atoms with Crippen molar-refractivity contribution >= 4 is 23.1 Å². The van der Waals surface area contributed by atoms with Crippen molar-refractivity contribution < 1.29 is 0 Å². The van der Waals surface area contributed by atoms with E-state index in [-0.39, 0.29) is 0 Å². The van der Waals surface area contributed by atoms with Gasteiger partial charge in [0.2, 0.25) is 0 Å². The van der Waals surface area contributed by atoms with Gasteiger partial charge in [0.25, 0.3) is 0 Å². The Labute approximate surface area is 106 Å². The highest BCUT2D eigenvalue weighted by molar-refractivity contribution is 7.99. The lowest BCUT2D eigenvalue weighted by molar-refractivity contribution is 1.34. The molecule has 0 unspecified atom stereocenters. The highest BCUT2D eigenvalue weighted by Crippen LogP contribution is 2.35. The zero-order chi connectivity index (χ0) is 12.4. The molecule has 17 heavy (non-hydrogen) atoms. The molecule has 3 heteroatoms.